The minimum Gasteiger partial charge on any atom is -0.369 e. The molecule has 0 saturated carbocycles. The zero-order valence-electron chi connectivity index (χ0n) is 16.0. The van der Waals surface area contributed by atoms with Crippen LogP contribution in [0.2, 0.25) is 0 Å². The molecule has 2 amide bonds. The molecule has 1 rings (SSSR count). The third-order valence-electron chi connectivity index (χ3n) is 4.41. The number of benzene rings is 1. The quantitative estimate of drug-likeness (QED) is 0.321. The zero-order chi connectivity index (χ0) is 18.7. The minimum atomic E-state index is -0.326. The fourth-order valence-electron chi connectivity index (χ4n) is 3.02. The Hall–Kier alpha value is -2.04. The number of carbonyl (C=O) groups is 1. The van der Waals surface area contributed by atoms with Crippen LogP contribution in [0.4, 0.5) is 10.5 Å². The number of hydrogen-bond donors (Lipinski definition) is 3. The van der Waals surface area contributed by atoms with Crippen LogP contribution in [0.15, 0.2) is 18.2 Å². The van der Waals surface area contributed by atoms with E-state index in [2.05, 4.69) is 12.2 Å². The van der Waals surface area contributed by atoms with Crippen LogP contribution in [-0.4, -0.2) is 18.5 Å². The number of hydrogen-bond acceptors (Lipinski definition) is 2. The van der Waals surface area contributed by atoms with Gasteiger partial charge >= 0.3 is 6.03 Å². The molecule has 5 nitrogen and oxygen atoms in total. The van der Waals surface area contributed by atoms with Crippen molar-refractivity contribution in [3.63, 3.8) is 0 Å². The van der Waals surface area contributed by atoms with E-state index < -0.39 is 0 Å². The lowest BCUT2D eigenvalue weighted by molar-refractivity contribution is 0.248. The van der Waals surface area contributed by atoms with Crippen molar-refractivity contribution in [1.29, 1.82) is 5.41 Å². The number of carbonyl (C=O) groups excluding carboxylic acids is 1. The van der Waals surface area contributed by atoms with Crippen LogP contribution in [0.3, 0.4) is 0 Å². The van der Waals surface area contributed by atoms with Gasteiger partial charge in [0.1, 0.15) is 0 Å². The molecule has 0 radical (unpaired) electrons. The van der Waals surface area contributed by atoms with Crippen LogP contribution in [-0.2, 0) is 0 Å². The molecule has 0 saturated heterocycles. The summed E-state index contributed by atoms with van der Waals surface area (Å²) in [5.41, 5.74) is 8.22. The van der Waals surface area contributed by atoms with Gasteiger partial charge in [-0.3, -0.25) is 5.41 Å². The molecule has 140 valence electrons. The Balaban J connectivity index is 2.42. The fourth-order valence-corrected chi connectivity index (χ4v) is 3.02. The molecule has 0 heterocycles. The van der Waals surface area contributed by atoms with Crippen LogP contribution in [0.25, 0.3) is 0 Å². The molecule has 4 N–H and O–H groups in total. The van der Waals surface area contributed by atoms with Crippen molar-refractivity contribution in [2.45, 2.75) is 72.1 Å². The predicted molar refractivity (Wildman–Crippen MR) is 106 cm³/mol. The second-order valence-corrected chi connectivity index (χ2v) is 6.67. The van der Waals surface area contributed by atoms with Gasteiger partial charge in [-0.25, -0.2) is 9.69 Å². The Morgan fingerprint density at radius 3 is 2.08 bits per heavy atom. The summed E-state index contributed by atoms with van der Waals surface area (Å²) in [7, 11) is 0. The van der Waals surface area contributed by atoms with Crippen LogP contribution in [0.1, 0.15) is 69.4 Å². The van der Waals surface area contributed by atoms with Crippen molar-refractivity contribution in [2.24, 2.45) is 5.73 Å². The molecule has 0 spiro atoms. The second-order valence-electron chi connectivity index (χ2n) is 6.67. The monoisotopic (exact) mass is 346 g/mol. The lowest BCUT2D eigenvalue weighted by Gasteiger charge is -2.24. The smallest absolute Gasteiger partial charge is 0.328 e. The fraction of sp³-hybridized carbons (Fsp3) is 0.600. The average Bonchev–Trinajstić information content (AvgIpc) is 2.56. The van der Waals surface area contributed by atoms with Gasteiger partial charge in [0.05, 0.1) is 5.69 Å². The van der Waals surface area contributed by atoms with E-state index in [0.717, 1.165) is 24.0 Å². The molecule has 0 aliphatic heterocycles. The van der Waals surface area contributed by atoms with E-state index >= 15 is 0 Å². The lowest BCUT2D eigenvalue weighted by Crippen LogP contribution is -2.48. The second kappa shape index (κ2) is 11.5. The number of anilines is 1. The highest BCUT2D eigenvalue weighted by molar-refractivity contribution is 6.14. The third kappa shape index (κ3) is 7.16. The van der Waals surface area contributed by atoms with E-state index in [0.29, 0.717) is 12.2 Å². The Labute approximate surface area is 152 Å². The van der Waals surface area contributed by atoms with E-state index in [1.54, 1.807) is 0 Å². The highest BCUT2D eigenvalue weighted by Gasteiger charge is 2.21. The van der Waals surface area contributed by atoms with Gasteiger partial charge in [-0.05, 0) is 31.4 Å². The van der Waals surface area contributed by atoms with Crippen LogP contribution >= 0.6 is 0 Å². The van der Waals surface area contributed by atoms with Gasteiger partial charge in [0, 0.05) is 6.54 Å². The number of rotatable bonds is 10. The number of nitrogens with two attached hydrogens (primary N) is 1. The molecular formula is C20H34N4O. The maximum absolute atomic E-state index is 12.5. The van der Waals surface area contributed by atoms with Crippen LogP contribution in [0, 0.1) is 19.3 Å². The molecule has 0 aliphatic carbocycles. The molecule has 0 atom stereocenters. The summed E-state index contributed by atoms with van der Waals surface area (Å²) < 4.78 is 0. The van der Waals surface area contributed by atoms with Crippen molar-refractivity contribution < 1.29 is 4.79 Å². The van der Waals surface area contributed by atoms with Gasteiger partial charge in [-0.2, -0.15) is 0 Å². The number of amides is 2. The molecule has 0 unspecified atom stereocenters. The number of nitrogens with one attached hydrogen (secondary N) is 2. The summed E-state index contributed by atoms with van der Waals surface area (Å²) in [6.45, 7) is 6.68. The SMILES string of the molecule is CCCCCCCCCCNC(=O)N(C(=N)N)c1c(C)cccc1C. The van der Waals surface area contributed by atoms with E-state index in [-0.39, 0.29) is 12.0 Å². The number of unbranched alkanes of at least 4 members (excludes halogenated alkanes) is 7. The molecular weight excluding hydrogens is 312 g/mol. The van der Waals surface area contributed by atoms with Gasteiger partial charge in [-0.15, -0.1) is 0 Å². The topological polar surface area (TPSA) is 82.2 Å². The van der Waals surface area contributed by atoms with Crippen molar-refractivity contribution in [1.82, 2.24) is 5.32 Å². The Bertz CT molecular complexity index is 536. The van der Waals surface area contributed by atoms with Crippen LogP contribution in [0.5, 0.6) is 0 Å². The number of aryl methyl sites for hydroxylation is 2. The maximum atomic E-state index is 12.5. The lowest BCUT2D eigenvalue weighted by atomic mass is 10.1. The Morgan fingerprint density at radius 1 is 1.04 bits per heavy atom. The first-order valence-corrected chi connectivity index (χ1v) is 9.47. The molecule has 0 fully saturated rings. The van der Waals surface area contributed by atoms with Gasteiger partial charge in [0.15, 0.2) is 0 Å². The highest BCUT2D eigenvalue weighted by Crippen LogP contribution is 2.24. The van der Waals surface area contributed by atoms with E-state index in [4.69, 9.17) is 11.1 Å². The van der Waals surface area contributed by atoms with Gasteiger partial charge < -0.3 is 11.1 Å². The Kier molecular flexibility index (Phi) is 9.66. The van der Waals surface area contributed by atoms with E-state index in [1.165, 1.54) is 43.4 Å². The number of urea groups is 1. The summed E-state index contributed by atoms with van der Waals surface area (Å²) in [6.07, 6.45) is 9.81. The first-order chi connectivity index (χ1) is 12.0. The molecule has 25 heavy (non-hydrogen) atoms. The Morgan fingerprint density at radius 2 is 1.56 bits per heavy atom. The normalized spacial score (nSPS) is 10.5. The standard InChI is InChI=1S/C20H34N4O/c1-4-5-6-7-8-9-10-11-15-23-20(25)24(19(21)22)18-16(2)13-12-14-17(18)3/h12-14H,4-11,15H2,1-3H3,(H3,21,22)(H,23,25). The molecule has 0 aromatic heterocycles. The zero-order valence-corrected chi connectivity index (χ0v) is 16.0. The molecule has 5 heteroatoms. The number of nitrogens with zero attached hydrogens (tertiary/aromatic N) is 1. The van der Waals surface area contributed by atoms with Gasteiger partial charge in [0.25, 0.3) is 0 Å². The van der Waals surface area contributed by atoms with Gasteiger partial charge in [0.2, 0.25) is 5.96 Å². The summed E-state index contributed by atoms with van der Waals surface area (Å²) in [4.78, 5) is 13.8. The van der Waals surface area contributed by atoms with Crippen LogP contribution < -0.4 is 16.0 Å². The molecule has 0 aliphatic rings. The van der Waals surface area contributed by atoms with Crippen molar-refractivity contribution >= 4 is 17.7 Å². The summed E-state index contributed by atoms with van der Waals surface area (Å²) >= 11 is 0. The average molecular weight is 347 g/mol. The maximum Gasteiger partial charge on any atom is 0.328 e. The van der Waals surface area contributed by atoms with Crippen molar-refractivity contribution in [3.8, 4) is 0 Å². The minimum absolute atomic E-state index is 0.258. The first kappa shape index (κ1) is 21.0. The summed E-state index contributed by atoms with van der Waals surface area (Å²) in [6, 6.07) is 5.45. The molecule has 0 bridgehead atoms. The van der Waals surface area contributed by atoms with Crippen molar-refractivity contribution in [3.05, 3.63) is 29.3 Å². The highest BCUT2D eigenvalue weighted by atomic mass is 16.2. The summed E-state index contributed by atoms with van der Waals surface area (Å²) in [5.74, 6) is -0.258. The van der Waals surface area contributed by atoms with E-state index in [1.807, 2.05) is 32.0 Å². The third-order valence-corrected chi connectivity index (χ3v) is 4.41. The first-order valence-electron chi connectivity index (χ1n) is 9.47. The summed E-state index contributed by atoms with van der Waals surface area (Å²) in [5, 5.41) is 10.7. The van der Waals surface area contributed by atoms with Gasteiger partial charge in [-0.1, -0.05) is 70.1 Å². The number of guanidine groups is 1. The van der Waals surface area contributed by atoms with E-state index in [9.17, 15) is 4.79 Å². The molecule has 1 aromatic rings. The predicted octanol–water partition coefficient (Wildman–Crippen LogP) is 4.85. The number of para-hydroxylation sites is 1. The molecule has 1 aromatic carbocycles. The largest absolute Gasteiger partial charge is 0.369 e. The van der Waals surface area contributed by atoms with Crippen molar-refractivity contribution in [2.75, 3.05) is 11.4 Å².